The van der Waals surface area contributed by atoms with Gasteiger partial charge in [0.2, 0.25) is 10.0 Å². The third-order valence-electron chi connectivity index (χ3n) is 2.79. The molecule has 6 heteroatoms. The maximum absolute atomic E-state index is 12.7. The third kappa shape index (κ3) is 4.36. The van der Waals surface area contributed by atoms with Crippen LogP contribution in [0.15, 0.2) is 24.3 Å². The summed E-state index contributed by atoms with van der Waals surface area (Å²) in [5.41, 5.74) is 6.30. The van der Waals surface area contributed by atoms with Crippen molar-refractivity contribution in [1.82, 2.24) is 4.72 Å². The second-order valence-corrected chi connectivity index (χ2v) is 6.13. The molecule has 0 radical (unpaired) electrons. The van der Waals surface area contributed by atoms with E-state index in [1.54, 1.807) is 19.1 Å². The lowest BCUT2D eigenvalue weighted by atomic mass is 10.1. The molecule has 0 aromatic heterocycles. The molecule has 0 spiro atoms. The molecule has 1 atom stereocenters. The smallest absolute Gasteiger partial charge is 0.215 e. The van der Waals surface area contributed by atoms with E-state index < -0.39 is 15.3 Å². The Labute approximate surface area is 107 Å². The van der Waals surface area contributed by atoms with E-state index in [0.29, 0.717) is 19.4 Å². The van der Waals surface area contributed by atoms with E-state index in [1.165, 1.54) is 12.1 Å². The van der Waals surface area contributed by atoms with Crippen LogP contribution in [0.1, 0.15) is 18.9 Å². The zero-order valence-electron chi connectivity index (χ0n) is 10.4. The normalized spacial score (nSPS) is 13.5. The van der Waals surface area contributed by atoms with Gasteiger partial charge in [-0.05, 0) is 30.5 Å². The Bertz CT molecular complexity index is 455. The van der Waals surface area contributed by atoms with E-state index in [2.05, 4.69) is 4.72 Å². The van der Waals surface area contributed by atoms with E-state index in [0.717, 1.165) is 5.56 Å². The number of nitrogens with one attached hydrogen (secondary N) is 1. The minimum absolute atomic E-state index is 0.113. The van der Waals surface area contributed by atoms with Crippen LogP contribution < -0.4 is 10.5 Å². The summed E-state index contributed by atoms with van der Waals surface area (Å²) in [7, 11) is -3.35. The van der Waals surface area contributed by atoms with Crippen molar-refractivity contribution >= 4 is 10.0 Å². The lowest BCUT2D eigenvalue weighted by Crippen LogP contribution is -2.39. The number of benzene rings is 1. The van der Waals surface area contributed by atoms with Crippen molar-refractivity contribution in [3.8, 4) is 0 Å². The molecule has 4 nitrogen and oxygen atoms in total. The van der Waals surface area contributed by atoms with Crippen LogP contribution in [0, 0.1) is 5.82 Å². The molecule has 0 aliphatic rings. The fourth-order valence-electron chi connectivity index (χ4n) is 1.62. The summed E-state index contributed by atoms with van der Waals surface area (Å²) in [5.74, 6) is -0.298. The molecule has 0 fully saturated rings. The van der Waals surface area contributed by atoms with Crippen LogP contribution >= 0.6 is 0 Å². The molecule has 0 bridgehead atoms. The number of rotatable bonds is 7. The highest BCUT2D eigenvalue weighted by atomic mass is 32.2. The Kier molecular flexibility index (Phi) is 5.71. The van der Waals surface area contributed by atoms with E-state index in [-0.39, 0.29) is 12.4 Å². The summed E-state index contributed by atoms with van der Waals surface area (Å²) in [6.45, 7) is 2.20. The molecule has 102 valence electrons. The fraction of sp³-hybridized carbons (Fsp3) is 0.500. The molecule has 0 heterocycles. The van der Waals surface area contributed by atoms with E-state index in [1.807, 2.05) is 0 Å². The van der Waals surface area contributed by atoms with Gasteiger partial charge >= 0.3 is 0 Å². The van der Waals surface area contributed by atoms with E-state index in [4.69, 9.17) is 5.73 Å². The number of nitrogens with two attached hydrogens (primary N) is 1. The van der Waals surface area contributed by atoms with E-state index in [9.17, 15) is 12.8 Å². The largest absolute Gasteiger partial charge is 0.329 e. The van der Waals surface area contributed by atoms with Crippen LogP contribution in [0.5, 0.6) is 0 Å². The molecule has 0 amide bonds. The zero-order valence-corrected chi connectivity index (χ0v) is 11.2. The van der Waals surface area contributed by atoms with E-state index >= 15 is 0 Å². The summed E-state index contributed by atoms with van der Waals surface area (Å²) < 4.78 is 38.8. The van der Waals surface area contributed by atoms with Gasteiger partial charge in [0, 0.05) is 13.1 Å². The zero-order chi connectivity index (χ0) is 13.6. The molecule has 18 heavy (non-hydrogen) atoms. The number of hydrogen-bond donors (Lipinski definition) is 2. The number of hydrogen-bond acceptors (Lipinski definition) is 3. The van der Waals surface area contributed by atoms with Gasteiger partial charge in [-0.1, -0.05) is 19.1 Å². The monoisotopic (exact) mass is 274 g/mol. The van der Waals surface area contributed by atoms with Crippen LogP contribution in [-0.2, 0) is 16.4 Å². The van der Waals surface area contributed by atoms with Crippen molar-refractivity contribution in [3.05, 3.63) is 35.6 Å². The maximum atomic E-state index is 12.7. The average molecular weight is 274 g/mol. The van der Waals surface area contributed by atoms with Crippen molar-refractivity contribution in [2.45, 2.75) is 25.0 Å². The van der Waals surface area contributed by atoms with Crippen LogP contribution in [-0.4, -0.2) is 26.8 Å². The van der Waals surface area contributed by atoms with Gasteiger partial charge < -0.3 is 5.73 Å². The standard InChI is InChI=1S/C12H19FN2O2S/c1-2-12(9-14)18(16,17)15-8-7-10-3-5-11(13)6-4-10/h3-6,12,15H,2,7-9,14H2,1H3. The summed E-state index contributed by atoms with van der Waals surface area (Å²) in [4.78, 5) is 0. The van der Waals surface area contributed by atoms with Gasteiger partial charge in [0.05, 0.1) is 5.25 Å². The average Bonchev–Trinajstić information content (AvgIpc) is 2.32. The molecule has 1 aromatic carbocycles. The summed E-state index contributed by atoms with van der Waals surface area (Å²) in [6, 6.07) is 6.00. The molecule has 0 aliphatic carbocycles. The highest BCUT2D eigenvalue weighted by Gasteiger charge is 2.21. The molecule has 1 aromatic rings. The van der Waals surface area contributed by atoms with Crippen molar-refractivity contribution < 1.29 is 12.8 Å². The first-order valence-electron chi connectivity index (χ1n) is 5.92. The Balaban J connectivity index is 2.48. The van der Waals surface area contributed by atoms with Crippen molar-refractivity contribution in [3.63, 3.8) is 0 Å². The van der Waals surface area contributed by atoms with Gasteiger partial charge in [-0.15, -0.1) is 0 Å². The third-order valence-corrected chi connectivity index (χ3v) is 4.80. The van der Waals surface area contributed by atoms with Gasteiger partial charge in [0.15, 0.2) is 0 Å². The van der Waals surface area contributed by atoms with Gasteiger partial charge in [0.1, 0.15) is 5.82 Å². The molecule has 1 unspecified atom stereocenters. The molecule has 0 saturated carbocycles. The lowest BCUT2D eigenvalue weighted by molar-refractivity contribution is 0.561. The Morgan fingerprint density at radius 3 is 2.44 bits per heavy atom. The highest BCUT2D eigenvalue weighted by molar-refractivity contribution is 7.90. The predicted molar refractivity (Wildman–Crippen MR) is 70.2 cm³/mol. The minimum atomic E-state index is -3.35. The van der Waals surface area contributed by atoms with Crippen LogP contribution in [0.25, 0.3) is 0 Å². The number of sulfonamides is 1. The van der Waals surface area contributed by atoms with Crippen LogP contribution in [0.4, 0.5) is 4.39 Å². The van der Waals surface area contributed by atoms with Crippen molar-refractivity contribution in [2.24, 2.45) is 5.73 Å². The predicted octanol–water partition coefficient (Wildman–Crippen LogP) is 1.02. The Morgan fingerprint density at radius 2 is 1.94 bits per heavy atom. The molecular formula is C12H19FN2O2S. The number of halogens is 1. The first-order chi connectivity index (χ1) is 8.49. The van der Waals surface area contributed by atoms with Gasteiger partial charge in [-0.2, -0.15) is 0 Å². The van der Waals surface area contributed by atoms with Gasteiger partial charge in [-0.25, -0.2) is 17.5 Å². The Morgan fingerprint density at radius 1 is 1.33 bits per heavy atom. The molecule has 1 rings (SSSR count). The highest BCUT2D eigenvalue weighted by Crippen LogP contribution is 2.05. The molecule has 0 saturated heterocycles. The lowest BCUT2D eigenvalue weighted by Gasteiger charge is -2.14. The first kappa shape index (κ1) is 15.1. The minimum Gasteiger partial charge on any atom is -0.329 e. The SMILES string of the molecule is CCC(CN)S(=O)(=O)NCCc1ccc(F)cc1. The Hall–Kier alpha value is -0.980. The second-order valence-electron chi connectivity index (χ2n) is 4.08. The van der Waals surface area contributed by atoms with Gasteiger partial charge in [0.25, 0.3) is 0 Å². The second kappa shape index (κ2) is 6.82. The summed E-state index contributed by atoms with van der Waals surface area (Å²) in [6.07, 6.45) is 1.02. The quantitative estimate of drug-likeness (QED) is 0.780. The fourth-order valence-corrected chi connectivity index (χ4v) is 2.93. The van der Waals surface area contributed by atoms with Crippen molar-refractivity contribution in [2.75, 3.05) is 13.1 Å². The van der Waals surface area contributed by atoms with Gasteiger partial charge in [-0.3, -0.25) is 0 Å². The van der Waals surface area contributed by atoms with Crippen molar-refractivity contribution in [1.29, 1.82) is 0 Å². The summed E-state index contributed by atoms with van der Waals surface area (Å²) in [5, 5.41) is -0.550. The first-order valence-corrected chi connectivity index (χ1v) is 7.47. The molecular weight excluding hydrogens is 255 g/mol. The summed E-state index contributed by atoms with van der Waals surface area (Å²) >= 11 is 0. The van der Waals surface area contributed by atoms with Crippen LogP contribution in [0.2, 0.25) is 0 Å². The maximum Gasteiger partial charge on any atom is 0.215 e. The topological polar surface area (TPSA) is 72.2 Å². The molecule has 3 N–H and O–H groups in total. The molecule has 0 aliphatic heterocycles. The van der Waals surface area contributed by atoms with Crippen LogP contribution in [0.3, 0.4) is 0 Å².